The van der Waals surface area contributed by atoms with Crippen molar-refractivity contribution in [3.05, 3.63) is 115 Å². The van der Waals surface area contributed by atoms with E-state index in [2.05, 4.69) is 5.48 Å². The number of allylic oxidation sites excluding steroid dienone is 4. The summed E-state index contributed by atoms with van der Waals surface area (Å²) in [6.45, 7) is 4.40. The standard InChI is InChI=1S/C33H39F4N3O5/c1-5-11-23(12-6-2)30-22(3)40(21-25-26(33(35,36)37)14-9-15-27(25)34)32(43)39(31(30)42)18-17-28(38-44-4)24-13-7-8-16-29(24)45-20-10-19-41/h5,7-9,11-16,28,38,41H,6,10,17-21H2,1-4H3/b11-5-,23-12+. The molecule has 1 aromatic heterocycles. The summed E-state index contributed by atoms with van der Waals surface area (Å²) in [5, 5.41) is 9.14. The molecule has 8 nitrogen and oxygen atoms in total. The van der Waals surface area contributed by atoms with E-state index in [1.165, 1.54) is 14.0 Å². The van der Waals surface area contributed by atoms with E-state index in [0.29, 0.717) is 29.7 Å². The van der Waals surface area contributed by atoms with Crippen LogP contribution in [0.15, 0.2) is 70.3 Å². The number of alkyl halides is 3. The minimum Gasteiger partial charge on any atom is -0.493 e. The van der Waals surface area contributed by atoms with Crippen molar-refractivity contribution in [2.45, 2.75) is 65.3 Å². The summed E-state index contributed by atoms with van der Waals surface area (Å²) in [4.78, 5) is 33.1. The molecule has 0 saturated carbocycles. The molecule has 1 unspecified atom stereocenters. The monoisotopic (exact) mass is 633 g/mol. The molecule has 1 heterocycles. The number of nitrogens with one attached hydrogen (secondary N) is 1. The number of para-hydroxylation sites is 1. The highest BCUT2D eigenvalue weighted by molar-refractivity contribution is 5.74. The van der Waals surface area contributed by atoms with Crippen molar-refractivity contribution in [2.75, 3.05) is 20.3 Å². The third-order valence-corrected chi connectivity index (χ3v) is 7.24. The molecule has 0 amide bonds. The Morgan fingerprint density at radius 3 is 2.49 bits per heavy atom. The van der Waals surface area contributed by atoms with Gasteiger partial charge in [0.15, 0.2) is 0 Å². The minimum atomic E-state index is -4.86. The summed E-state index contributed by atoms with van der Waals surface area (Å²) in [5.41, 5.74) is 0.857. The zero-order valence-corrected chi connectivity index (χ0v) is 25.8. The van der Waals surface area contributed by atoms with Crippen molar-refractivity contribution in [1.29, 1.82) is 0 Å². The second kappa shape index (κ2) is 16.4. The number of nitrogens with zero attached hydrogens (tertiary/aromatic N) is 2. The number of aliphatic hydroxyl groups is 1. The zero-order valence-electron chi connectivity index (χ0n) is 25.8. The number of aliphatic hydroxyl groups excluding tert-OH is 1. The van der Waals surface area contributed by atoms with Crippen molar-refractivity contribution < 1.29 is 32.2 Å². The molecular formula is C33H39F4N3O5. The molecule has 3 aromatic rings. The molecule has 3 rings (SSSR count). The largest absolute Gasteiger partial charge is 0.493 e. The molecule has 2 N–H and O–H groups in total. The summed E-state index contributed by atoms with van der Waals surface area (Å²) < 4.78 is 64.4. The summed E-state index contributed by atoms with van der Waals surface area (Å²) in [6, 6.07) is 9.15. The average Bonchev–Trinajstić information content (AvgIpc) is 2.99. The highest BCUT2D eigenvalue weighted by atomic mass is 19.4. The first-order chi connectivity index (χ1) is 21.5. The number of aromatic nitrogens is 2. The third-order valence-electron chi connectivity index (χ3n) is 7.24. The fourth-order valence-corrected chi connectivity index (χ4v) is 5.14. The SMILES string of the molecule is C/C=C\C(=C/CC)c1c(C)n(Cc2c(F)cccc2C(F)(F)F)c(=O)n(CCC(NOC)c2ccccc2OCCCO)c1=O. The van der Waals surface area contributed by atoms with E-state index >= 15 is 0 Å². The van der Waals surface area contributed by atoms with Crippen molar-refractivity contribution >= 4 is 5.57 Å². The van der Waals surface area contributed by atoms with Crippen LogP contribution >= 0.6 is 0 Å². The lowest BCUT2D eigenvalue weighted by Gasteiger charge is -2.23. The van der Waals surface area contributed by atoms with Crippen LogP contribution in [0.2, 0.25) is 0 Å². The number of hydroxylamine groups is 1. The summed E-state index contributed by atoms with van der Waals surface area (Å²) >= 11 is 0. The van der Waals surface area contributed by atoms with Crippen molar-refractivity contribution in [3.8, 4) is 5.75 Å². The molecule has 244 valence electrons. The molecule has 1 atom stereocenters. The van der Waals surface area contributed by atoms with Crippen molar-refractivity contribution in [3.63, 3.8) is 0 Å². The predicted molar refractivity (Wildman–Crippen MR) is 164 cm³/mol. The van der Waals surface area contributed by atoms with Gasteiger partial charge in [-0.05, 0) is 50.5 Å². The van der Waals surface area contributed by atoms with Gasteiger partial charge in [-0.3, -0.25) is 13.9 Å². The highest BCUT2D eigenvalue weighted by Crippen LogP contribution is 2.34. The maximum absolute atomic E-state index is 14.9. The Balaban J connectivity index is 2.20. The number of ether oxygens (including phenoxy) is 1. The van der Waals surface area contributed by atoms with Gasteiger partial charge in [-0.15, -0.1) is 0 Å². The van der Waals surface area contributed by atoms with Gasteiger partial charge in [0.1, 0.15) is 11.6 Å². The van der Waals surface area contributed by atoms with Gasteiger partial charge in [-0.1, -0.05) is 49.4 Å². The van der Waals surface area contributed by atoms with Gasteiger partial charge in [-0.25, -0.2) is 9.18 Å². The molecule has 0 fully saturated rings. The lowest BCUT2D eigenvalue weighted by atomic mass is 10.0. The number of rotatable bonds is 15. The van der Waals surface area contributed by atoms with Gasteiger partial charge in [0.05, 0.1) is 37.4 Å². The Bertz CT molecular complexity index is 1630. The lowest BCUT2D eigenvalue weighted by molar-refractivity contribution is -0.138. The van der Waals surface area contributed by atoms with Gasteiger partial charge in [0.25, 0.3) is 5.56 Å². The maximum Gasteiger partial charge on any atom is 0.416 e. The van der Waals surface area contributed by atoms with Gasteiger partial charge >= 0.3 is 11.9 Å². The van der Waals surface area contributed by atoms with Crippen LogP contribution in [-0.4, -0.2) is 34.6 Å². The molecule has 0 aliphatic rings. The van der Waals surface area contributed by atoms with Crippen molar-refractivity contribution in [1.82, 2.24) is 14.6 Å². The van der Waals surface area contributed by atoms with Crippen LogP contribution in [0.5, 0.6) is 5.75 Å². The van der Waals surface area contributed by atoms with E-state index in [4.69, 9.17) is 14.7 Å². The molecule has 2 aromatic carbocycles. The molecular weight excluding hydrogens is 594 g/mol. The quantitative estimate of drug-likeness (QED) is 0.0932. The summed E-state index contributed by atoms with van der Waals surface area (Å²) in [5.74, 6) is -0.606. The zero-order chi connectivity index (χ0) is 33.1. The van der Waals surface area contributed by atoms with E-state index in [-0.39, 0.29) is 37.4 Å². The van der Waals surface area contributed by atoms with Crippen LogP contribution in [0.4, 0.5) is 17.6 Å². The summed E-state index contributed by atoms with van der Waals surface area (Å²) in [6.07, 6.45) is 1.40. The van der Waals surface area contributed by atoms with Crippen molar-refractivity contribution in [2.24, 2.45) is 0 Å². The Kier molecular flexibility index (Phi) is 12.9. The molecule has 12 heteroatoms. The molecule has 0 bridgehead atoms. The molecule has 45 heavy (non-hydrogen) atoms. The Morgan fingerprint density at radius 1 is 1.11 bits per heavy atom. The normalized spacial score (nSPS) is 13.0. The highest BCUT2D eigenvalue weighted by Gasteiger charge is 2.35. The Morgan fingerprint density at radius 2 is 1.84 bits per heavy atom. The number of halogens is 4. The minimum absolute atomic E-state index is 0.0497. The molecule has 0 aliphatic heterocycles. The van der Waals surface area contributed by atoms with Gasteiger partial charge in [-0.2, -0.15) is 18.7 Å². The first kappa shape index (κ1) is 35.5. The van der Waals surface area contributed by atoms with E-state index in [1.54, 1.807) is 49.4 Å². The lowest BCUT2D eigenvalue weighted by Crippen LogP contribution is -2.44. The second-order valence-corrected chi connectivity index (χ2v) is 10.2. The number of hydrogen-bond acceptors (Lipinski definition) is 6. The number of hydrogen-bond donors (Lipinski definition) is 2. The van der Waals surface area contributed by atoms with Gasteiger partial charge in [0.2, 0.25) is 0 Å². The van der Waals surface area contributed by atoms with Gasteiger partial charge in [0, 0.05) is 36.4 Å². The Labute approximate surface area is 259 Å². The van der Waals surface area contributed by atoms with E-state index in [1.807, 2.05) is 6.92 Å². The van der Waals surface area contributed by atoms with Crippen LogP contribution in [0, 0.1) is 12.7 Å². The Hall–Kier alpha value is -4.00. The molecule has 0 spiro atoms. The smallest absolute Gasteiger partial charge is 0.416 e. The first-order valence-electron chi connectivity index (χ1n) is 14.6. The maximum atomic E-state index is 14.9. The molecule has 0 radical (unpaired) electrons. The van der Waals surface area contributed by atoms with Crippen LogP contribution in [0.3, 0.4) is 0 Å². The third kappa shape index (κ3) is 8.59. The van der Waals surface area contributed by atoms with E-state index in [9.17, 15) is 27.2 Å². The molecule has 0 aliphatic carbocycles. The predicted octanol–water partition coefficient (Wildman–Crippen LogP) is 5.94. The van der Waals surface area contributed by atoms with Crippen LogP contribution < -0.4 is 21.5 Å². The fourth-order valence-electron chi connectivity index (χ4n) is 5.14. The van der Waals surface area contributed by atoms with Crippen LogP contribution in [0.25, 0.3) is 5.57 Å². The topological polar surface area (TPSA) is 94.7 Å². The van der Waals surface area contributed by atoms with E-state index < -0.39 is 47.0 Å². The average molecular weight is 634 g/mol. The van der Waals surface area contributed by atoms with E-state index in [0.717, 1.165) is 27.3 Å². The summed E-state index contributed by atoms with van der Waals surface area (Å²) in [7, 11) is 1.41. The fraction of sp³-hybridized carbons (Fsp3) is 0.394. The number of benzene rings is 2. The van der Waals surface area contributed by atoms with Crippen LogP contribution in [-0.2, 0) is 24.1 Å². The molecule has 0 saturated heterocycles. The van der Waals surface area contributed by atoms with Crippen LogP contribution in [0.1, 0.15) is 67.1 Å². The first-order valence-corrected chi connectivity index (χ1v) is 14.6. The second-order valence-electron chi connectivity index (χ2n) is 10.2. The van der Waals surface area contributed by atoms with Gasteiger partial charge < -0.3 is 14.7 Å².